The SMILES string of the molecule is Cc1ccc(C(=O)NCCCN(Cc2ccccn2)Cc2ccccn2)cc1. The van der Waals surface area contributed by atoms with Gasteiger partial charge in [0.05, 0.1) is 11.4 Å². The predicted molar refractivity (Wildman–Crippen MR) is 111 cm³/mol. The molecule has 0 aliphatic carbocycles. The van der Waals surface area contributed by atoms with Gasteiger partial charge in [-0.25, -0.2) is 0 Å². The van der Waals surface area contributed by atoms with Gasteiger partial charge in [0.2, 0.25) is 0 Å². The van der Waals surface area contributed by atoms with Crippen LogP contribution in [0.15, 0.2) is 73.1 Å². The van der Waals surface area contributed by atoms with Crippen molar-refractivity contribution in [2.75, 3.05) is 13.1 Å². The Morgan fingerprint density at radius 1 is 0.893 bits per heavy atom. The van der Waals surface area contributed by atoms with Crippen LogP contribution in [-0.4, -0.2) is 33.9 Å². The molecule has 0 aliphatic rings. The predicted octanol–water partition coefficient (Wildman–Crippen LogP) is 3.61. The lowest BCUT2D eigenvalue weighted by molar-refractivity contribution is 0.0951. The summed E-state index contributed by atoms with van der Waals surface area (Å²) < 4.78 is 0. The molecule has 2 heterocycles. The van der Waals surface area contributed by atoms with Gasteiger partial charge in [0.1, 0.15) is 0 Å². The van der Waals surface area contributed by atoms with Gasteiger partial charge >= 0.3 is 0 Å². The lowest BCUT2D eigenvalue weighted by atomic mass is 10.1. The molecule has 0 unspecified atom stereocenters. The first-order valence-corrected chi connectivity index (χ1v) is 9.58. The van der Waals surface area contributed by atoms with E-state index < -0.39 is 0 Å². The second-order valence-electron chi connectivity index (χ2n) is 6.83. The van der Waals surface area contributed by atoms with E-state index in [2.05, 4.69) is 20.2 Å². The second kappa shape index (κ2) is 10.3. The number of nitrogens with one attached hydrogen (secondary N) is 1. The second-order valence-corrected chi connectivity index (χ2v) is 6.83. The van der Waals surface area contributed by atoms with Crippen LogP contribution in [0.1, 0.15) is 33.7 Å². The largest absolute Gasteiger partial charge is 0.352 e. The highest BCUT2D eigenvalue weighted by molar-refractivity contribution is 5.94. The third-order valence-corrected chi connectivity index (χ3v) is 4.47. The lowest BCUT2D eigenvalue weighted by Gasteiger charge is -2.21. The van der Waals surface area contributed by atoms with Gasteiger partial charge in [0, 0.05) is 44.1 Å². The summed E-state index contributed by atoms with van der Waals surface area (Å²) in [7, 11) is 0. The van der Waals surface area contributed by atoms with Crippen LogP contribution in [0.3, 0.4) is 0 Å². The number of carbonyl (C=O) groups is 1. The van der Waals surface area contributed by atoms with Crippen molar-refractivity contribution in [3.05, 3.63) is 95.6 Å². The first-order valence-electron chi connectivity index (χ1n) is 9.58. The summed E-state index contributed by atoms with van der Waals surface area (Å²) in [5.41, 5.74) is 3.91. The van der Waals surface area contributed by atoms with Gasteiger partial charge < -0.3 is 5.32 Å². The number of pyridine rings is 2. The van der Waals surface area contributed by atoms with Crippen molar-refractivity contribution in [3.8, 4) is 0 Å². The fourth-order valence-corrected chi connectivity index (χ4v) is 2.97. The molecule has 144 valence electrons. The number of carbonyl (C=O) groups excluding carboxylic acids is 1. The summed E-state index contributed by atoms with van der Waals surface area (Å²) in [6.07, 6.45) is 4.49. The Morgan fingerprint density at radius 2 is 1.50 bits per heavy atom. The van der Waals surface area contributed by atoms with Crippen molar-refractivity contribution < 1.29 is 4.79 Å². The van der Waals surface area contributed by atoms with Crippen molar-refractivity contribution in [3.63, 3.8) is 0 Å². The van der Waals surface area contributed by atoms with Gasteiger partial charge in [0.15, 0.2) is 0 Å². The molecule has 0 saturated carbocycles. The molecular weight excluding hydrogens is 348 g/mol. The summed E-state index contributed by atoms with van der Waals surface area (Å²) in [6.45, 7) is 5.00. The molecule has 1 aromatic carbocycles. The lowest BCUT2D eigenvalue weighted by Crippen LogP contribution is -2.30. The van der Waals surface area contributed by atoms with E-state index in [1.54, 1.807) is 0 Å². The van der Waals surface area contributed by atoms with Gasteiger partial charge in [-0.2, -0.15) is 0 Å². The number of benzene rings is 1. The Labute approximate surface area is 166 Å². The molecule has 5 heteroatoms. The van der Waals surface area contributed by atoms with E-state index in [4.69, 9.17) is 0 Å². The van der Waals surface area contributed by atoms with Crippen LogP contribution < -0.4 is 5.32 Å². The monoisotopic (exact) mass is 374 g/mol. The van der Waals surface area contributed by atoms with Gasteiger partial charge in [-0.3, -0.25) is 19.7 Å². The molecule has 0 spiro atoms. The summed E-state index contributed by atoms with van der Waals surface area (Å²) >= 11 is 0. The number of nitrogens with zero attached hydrogens (tertiary/aromatic N) is 3. The Morgan fingerprint density at radius 3 is 2.04 bits per heavy atom. The van der Waals surface area contributed by atoms with Crippen LogP contribution in [0.25, 0.3) is 0 Å². The Kier molecular flexibility index (Phi) is 7.27. The molecule has 3 rings (SSSR count). The Hall–Kier alpha value is -3.05. The molecule has 1 N–H and O–H groups in total. The van der Waals surface area contributed by atoms with Crippen molar-refractivity contribution in [2.45, 2.75) is 26.4 Å². The number of hydrogen-bond donors (Lipinski definition) is 1. The van der Waals surface area contributed by atoms with E-state index >= 15 is 0 Å². The van der Waals surface area contributed by atoms with E-state index in [0.29, 0.717) is 12.1 Å². The Balaban J connectivity index is 1.52. The molecule has 0 saturated heterocycles. The third kappa shape index (κ3) is 6.28. The highest BCUT2D eigenvalue weighted by Gasteiger charge is 2.10. The van der Waals surface area contributed by atoms with Gasteiger partial charge in [0.25, 0.3) is 5.91 Å². The minimum Gasteiger partial charge on any atom is -0.352 e. The zero-order valence-corrected chi connectivity index (χ0v) is 16.2. The van der Waals surface area contributed by atoms with Crippen LogP contribution >= 0.6 is 0 Å². The van der Waals surface area contributed by atoms with E-state index in [9.17, 15) is 4.79 Å². The fourth-order valence-electron chi connectivity index (χ4n) is 2.97. The zero-order valence-electron chi connectivity index (χ0n) is 16.2. The molecule has 0 aliphatic heterocycles. The highest BCUT2D eigenvalue weighted by atomic mass is 16.1. The maximum atomic E-state index is 12.2. The highest BCUT2D eigenvalue weighted by Crippen LogP contribution is 2.08. The third-order valence-electron chi connectivity index (χ3n) is 4.47. The van der Waals surface area contributed by atoms with Crippen molar-refractivity contribution in [1.29, 1.82) is 0 Å². The molecule has 2 aromatic heterocycles. The minimum atomic E-state index is -0.0268. The topological polar surface area (TPSA) is 58.1 Å². The Bertz CT molecular complexity index is 809. The molecule has 0 radical (unpaired) electrons. The molecule has 5 nitrogen and oxygen atoms in total. The molecule has 1 amide bonds. The standard InChI is InChI=1S/C23H26N4O/c1-19-9-11-20(12-10-19)23(28)26-15-6-16-27(17-21-7-2-4-13-24-21)18-22-8-3-5-14-25-22/h2-5,7-14H,6,15-18H2,1H3,(H,26,28). The average Bonchev–Trinajstić information content (AvgIpc) is 2.73. The average molecular weight is 374 g/mol. The van der Waals surface area contributed by atoms with Crippen LogP contribution in [0, 0.1) is 6.92 Å². The van der Waals surface area contributed by atoms with Crippen molar-refractivity contribution in [2.24, 2.45) is 0 Å². The maximum Gasteiger partial charge on any atom is 0.251 e. The van der Waals surface area contributed by atoms with Gasteiger partial charge in [-0.1, -0.05) is 29.8 Å². The summed E-state index contributed by atoms with van der Waals surface area (Å²) in [4.78, 5) is 23.4. The maximum absolute atomic E-state index is 12.2. The number of aryl methyl sites for hydroxylation is 1. The van der Waals surface area contributed by atoms with E-state index in [0.717, 1.165) is 43.0 Å². The summed E-state index contributed by atoms with van der Waals surface area (Å²) in [6, 6.07) is 19.5. The first kappa shape index (κ1) is 19.7. The first-order chi connectivity index (χ1) is 13.7. The number of amides is 1. The number of rotatable bonds is 9. The van der Waals surface area contributed by atoms with E-state index in [1.807, 2.05) is 80.0 Å². The van der Waals surface area contributed by atoms with E-state index in [-0.39, 0.29) is 5.91 Å². The zero-order chi connectivity index (χ0) is 19.6. The summed E-state index contributed by atoms with van der Waals surface area (Å²) in [5, 5.41) is 3.00. The smallest absolute Gasteiger partial charge is 0.251 e. The summed E-state index contributed by atoms with van der Waals surface area (Å²) in [5.74, 6) is -0.0268. The molecule has 0 atom stereocenters. The van der Waals surface area contributed by atoms with Crippen LogP contribution in [0.4, 0.5) is 0 Å². The van der Waals surface area contributed by atoms with Crippen molar-refractivity contribution >= 4 is 5.91 Å². The van der Waals surface area contributed by atoms with Crippen LogP contribution in [-0.2, 0) is 13.1 Å². The van der Waals surface area contributed by atoms with Crippen molar-refractivity contribution in [1.82, 2.24) is 20.2 Å². The molecule has 0 fully saturated rings. The number of aromatic nitrogens is 2. The molecule has 28 heavy (non-hydrogen) atoms. The normalized spacial score (nSPS) is 10.8. The fraction of sp³-hybridized carbons (Fsp3) is 0.261. The van der Waals surface area contributed by atoms with Crippen LogP contribution in [0.2, 0.25) is 0 Å². The molecule has 0 bridgehead atoms. The molecule has 3 aromatic rings. The van der Waals surface area contributed by atoms with Crippen LogP contribution in [0.5, 0.6) is 0 Å². The van der Waals surface area contributed by atoms with Gasteiger partial charge in [-0.15, -0.1) is 0 Å². The quantitative estimate of drug-likeness (QED) is 0.581. The molecular formula is C23H26N4O. The minimum absolute atomic E-state index is 0.0268. The van der Waals surface area contributed by atoms with E-state index in [1.165, 1.54) is 0 Å². The van der Waals surface area contributed by atoms with Gasteiger partial charge in [-0.05, 0) is 49.7 Å². The number of hydrogen-bond acceptors (Lipinski definition) is 4.